The summed E-state index contributed by atoms with van der Waals surface area (Å²) in [5.41, 5.74) is 1.85. The zero-order valence-corrected chi connectivity index (χ0v) is 17.5. The Balaban J connectivity index is 1.40. The van der Waals surface area contributed by atoms with Crippen LogP contribution in [-0.4, -0.2) is 55.2 Å². The number of nitrogens with one attached hydrogen (secondary N) is 2. The van der Waals surface area contributed by atoms with Crippen molar-refractivity contribution in [2.24, 2.45) is 0 Å². The predicted octanol–water partition coefficient (Wildman–Crippen LogP) is 2.11. The topological polar surface area (TPSA) is 53.9 Å². The van der Waals surface area contributed by atoms with Crippen molar-refractivity contribution in [1.82, 2.24) is 4.90 Å². The van der Waals surface area contributed by atoms with Crippen LogP contribution in [0.25, 0.3) is 0 Å². The minimum Gasteiger partial charge on any atom is -0.331 e. The van der Waals surface area contributed by atoms with Crippen LogP contribution in [-0.2, 0) is 9.59 Å². The molecule has 0 atom stereocenters. The number of aryl methyl sites for hydroxylation is 1. The zero-order valence-electron chi connectivity index (χ0n) is 15.9. The van der Waals surface area contributed by atoms with Gasteiger partial charge >= 0.3 is 0 Å². The lowest BCUT2D eigenvalue weighted by Gasteiger charge is -2.31. The smallest absolute Gasteiger partial charge is 0.279 e. The van der Waals surface area contributed by atoms with Crippen molar-refractivity contribution in [3.05, 3.63) is 59.1 Å². The molecule has 148 valence electrons. The van der Waals surface area contributed by atoms with Crippen molar-refractivity contribution in [2.45, 2.75) is 11.8 Å². The first-order valence-corrected chi connectivity index (χ1v) is 10.7. The summed E-state index contributed by atoms with van der Waals surface area (Å²) >= 11 is 7.65. The summed E-state index contributed by atoms with van der Waals surface area (Å²) in [7, 11) is 0. The van der Waals surface area contributed by atoms with E-state index in [0.717, 1.165) is 18.0 Å². The lowest BCUT2D eigenvalue weighted by molar-refractivity contribution is -0.895. The summed E-state index contributed by atoms with van der Waals surface area (Å²) in [6, 6.07) is 15.4. The first-order chi connectivity index (χ1) is 13.5. The Morgan fingerprint density at radius 2 is 1.79 bits per heavy atom. The molecule has 1 heterocycles. The van der Waals surface area contributed by atoms with Crippen LogP contribution in [0.3, 0.4) is 0 Å². The van der Waals surface area contributed by atoms with E-state index in [0.29, 0.717) is 36.1 Å². The van der Waals surface area contributed by atoms with Crippen LogP contribution in [0.5, 0.6) is 0 Å². The molecular weight excluding hydrogens is 394 g/mol. The number of benzene rings is 2. The fraction of sp³-hybridized carbons (Fsp3) is 0.333. The van der Waals surface area contributed by atoms with E-state index in [1.165, 1.54) is 10.5 Å². The molecule has 0 saturated carbocycles. The minimum absolute atomic E-state index is 0.0576. The quantitative estimate of drug-likeness (QED) is 0.706. The Kier molecular flexibility index (Phi) is 7.36. The molecule has 2 aromatic carbocycles. The van der Waals surface area contributed by atoms with Gasteiger partial charge in [-0.3, -0.25) is 9.59 Å². The summed E-state index contributed by atoms with van der Waals surface area (Å²) in [5.74, 6) is 0.550. The van der Waals surface area contributed by atoms with E-state index >= 15 is 0 Å². The third-order valence-electron chi connectivity index (χ3n) is 4.77. The number of piperazine rings is 1. The second-order valence-corrected chi connectivity index (χ2v) is 8.39. The van der Waals surface area contributed by atoms with Gasteiger partial charge in [-0.25, -0.2) is 0 Å². The molecule has 5 nitrogen and oxygen atoms in total. The number of carbonyl (C=O) groups is 2. The average Bonchev–Trinajstić information content (AvgIpc) is 2.69. The second-order valence-electron chi connectivity index (χ2n) is 6.94. The molecule has 0 bridgehead atoms. The number of halogens is 1. The maximum absolute atomic E-state index is 12.4. The van der Waals surface area contributed by atoms with E-state index in [4.69, 9.17) is 11.6 Å². The molecule has 1 aliphatic rings. The first kappa shape index (κ1) is 20.7. The van der Waals surface area contributed by atoms with Gasteiger partial charge in [0.25, 0.3) is 5.91 Å². The largest absolute Gasteiger partial charge is 0.331 e. The van der Waals surface area contributed by atoms with Crippen molar-refractivity contribution < 1.29 is 14.5 Å². The van der Waals surface area contributed by atoms with E-state index in [-0.39, 0.29) is 11.8 Å². The van der Waals surface area contributed by atoms with E-state index in [9.17, 15) is 9.59 Å². The summed E-state index contributed by atoms with van der Waals surface area (Å²) in [6.45, 7) is 5.35. The molecule has 28 heavy (non-hydrogen) atoms. The van der Waals surface area contributed by atoms with Gasteiger partial charge in [0.05, 0.1) is 42.6 Å². The van der Waals surface area contributed by atoms with Crippen LogP contribution in [0.1, 0.15) is 5.56 Å². The number of hydrogen-bond acceptors (Lipinski definition) is 3. The average molecular weight is 419 g/mol. The van der Waals surface area contributed by atoms with Crippen LogP contribution in [0, 0.1) is 6.92 Å². The van der Waals surface area contributed by atoms with E-state index in [2.05, 4.69) is 24.4 Å². The first-order valence-electron chi connectivity index (χ1n) is 9.36. The van der Waals surface area contributed by atoms with Gasteiger partial charge in [-0.05, 0) is 31.2 Å². The SMILES string of the molecule is Cc1ccc(SCC(=O)N2CC[NH+](CC(=O)Nc3ccccc3Cl)CC2)cc1. The highest BCUT2D eigenvalue weighted by Gasteiger charge is 2.25. The van der Waals surface area contributed by atoms with Gasteiger partial charge in [0.1, 0.15) is 0 Å². The monoisotopic (exact) mass is 418 g/mol. The van der Waals surface area contributed by atoms with Crippen molar-refractivity contribution in [1.29, 1.82) is 0 Å². The van der Waals surface area contributed by atoms with Gasteiger partial charge in [-0.2, -0.15) is 0 Å². The Hall–Kier alpha value is -2.02. The molecule has 1 saturated heterocycles. The third-order valence-corrected chi connectivity index (χ3v) is 6.09. The van der Waals surface area contributed by atoms with Crippen molar-refractivity contribution in [2.75, 3.05) is 43.8 Å². The number of hydrogen-bond donors (Lipinski definition) is 2. The zero-order chi connectivity index (χ0) is 19.9. The standard InChI is InChI=1S/C21H24ClN3O2S/c1-16-6-8-17(9-7-16)28-15-21(27)25-12-10-24(11-13-25)14-20(26)23-19-5-3-2-4-18(19)22/h2-9H,10-15H2,1H3,(H,23,26)/p+1. The number of anilines is 1. The van der Waals surface area contributed by atoms with Gasteiger partial charge in [0.2, 0.25) is 5.91 Å². The van der Waals surface area contributed by atoms with Gasteiger partial charge in [0.15, 0.2) is 6.54 Å². The summed E-state index contributed by atoms with van der Waals surface area (Å²) in [5, 5.41) is 3.39. The lowest BCUT2D eigenvalue weighted by atomic mass is 10.2. The van der Waals surface area contributed by atoms with E-state index in [1.807, 2.05) is 29.2 Å². The van der Waals surface area contributed by atoms with Crippen LogP contribution >= 0.6 is 23.4 Å². The summed E-state index contributed by atoms with van der Waals surface area (Å²) < 4.78 is 0. The van der Waals surface area contributed by atoms with Crippen LogP contribution < -0.4 is 10.2 Å². The van der Waals surface area contributed by atoms with Gasteiger partial charge < -0.3 is 15.1 Å². The van der Waals surface area contributed by atoms with Crippen LogP contribution in [0.15, 0.2) is 53.4 Å². The number of nitrogens with zero attached hydrogens (tertiary/aromatic N) is 1. The molecule has 0 aliphatic carbocycles. The number of thioether (sulfide) groups is 1. The fourth-order valence-corrected chi connectivity index (χ4v) is 4.09. The maximum Gasteiger partial charge on any atom is 0.279 e. The predicted molar refractivity (Wildman–Crippen MR) is 114 cm³/mol. The maximum atomic E-state index is 12.4. The Morgan fingerprint density at radius 3 is 2.46 bits per heavy atom. The molecule has 1 aliphatic heterocycles. The molecule has 3 rings (SSSR count). The molecule has 0 unspecified atom stereocenters. The summed E-state index contributed by atoms with van der Waals surface area (Å²) in [4.78, 5) is 28.9. The number of carbonyl (C=O) groups excluding carboxylic acids is 2. The molecule has 2 N–H and O–H groups in total. The molecular formula is C21H25ClN3O2S+. The Bertz CT molecular complexity index is 821. The Labute approximate surface area is 175 Å². The van der Waals surface area contributed by atoms with Gasteiger partial charge in [0, 0.05) is 4.90 Å². The van der Waals surface area contributed by atoms with Crippen LogP contribution in [0.4, 0.5) is 5.69 Å². The van der Waals surface area contributed by atoms with Crippen LogP contribution in [0.2, 0.25) is 5.02 Å². The Morgan fingerprint density at radius 1 is 1.11 bits per heavy atom. The summed E-state index contributed by atoms with van der Waals surface area (Å²) in [6.07, 6.45) is 0. The molecule has 0 aromatic heterocycles. The number of rotatable bonds is 6. The molecule has 7 heteroatoms. The molecule has 2 amide bonds. The highest BCUT2D eigenvalue weighted by atomic mass is 35.5. The fourth-order valence-electron chi connectivity index (χ4n) is 3.10. The molecule has 0 radical (unpaired) electrons. The normalized spacial score (nSPS) is 14.7. The van der Waals surface area contributed by atoms with Gasteiger partial charge in [-0.1, -0.05) is 41.4 Å². The van der Waals surface area contributed by atoms with Crippen molar-refractivity contribution >= 4 is 40.9 Å². The second kappa shape index (κ2) is 9.96. The van der Waals surface area contributed by atoms with E-state index < -0.39 is 0 Å². The number of para-hydroxylation sites is 1. The van der Waals surface area contributed by atoms with Crippen molar-refractivity contribution in [3.8, 4) is 0 Å². The van der Waals surface area contributed by atoms with Crippen molar-refractivity contribution in [3.63, 3.8) is 0 Å². The molecule has 1 fully saturated rings. The third kappa shape index (κ3) is 5.99. The number of amides is 2. The molecule has 0 spiro atoms. The lowest BCUT2D eigenvalue weighted by Crippen LogP contribution is -3.15. The van der Waals surface area contributed by atoms with E-state index in [1.54, 1.807) is 23.9 Å². The number of quaternary nitrogens is 1. The van der Waals surface area contributed by atoms with Gasteiger partial charge in [-0.15, -0.1) is 11.8 Å². The highest BCUT2D eigenvalue weighted by Crippen LogP contribution is 2.20. The molecule has 2 aromatic rings. The highest BCUT2D eigenvalue weighted by molar-refractivity contribution is 8.00. The minimum atomic E-state index is -0.0576.